The van der Waals surface area contributed by atoms with E-state index < -0.39 is 17.5 Å². The van der Waals surface area contributed by atoms with E-state index in [0.29, 0.717) is 22.8 Å². The molecule has 1 heterocycles. The normalized spacial score (nSPS) is 10.9. The lowest BCUT2D eigenvalue weighted by Gasteiger charge is -2.07. The number of carbonyl (C=O) groups excluding carboxylic acids is 1. The van der Waals surface area contributed by atoms with Crippen LogP contribution in [0, 0.1) is 25.5 Å². The van der Waals surface area contributed by atoms with Crippen LogP contribution in [0.3, 0.4) is 0 Å². The van der Waals surface area contributed by atoms with Crippen molar-refractivity contribution in [1.82, 2.24) is 4.98 Å². The van der Waals surface area contributed by atoms with Crippen molar-refractivity contribution in [3.05, 3.63) is 101 Å². The fraction of sp³-hybridized carbons (Fsp3) is 0.120. The number of anilines is 1. The van der Waals surface area contributed by atoms with Crippen LogP contribution in [0.4, 0.5) is 14.5 Å². The third kappa shape index (κ3) is 5.06. The summed E-state index contributed by atoms with van der Waals surface area (Å²) in [7, 11) is 0. The lowest BCUT2D eigenvalue weighted by atomic mass is 10.1. The number of nitrogens with zero attached hydrogens (tertiary/aromatic N) is 1. The molecule has 32 heavy (non-hydrogen) atoms. The van der Waals surface area contributed by atoms with Crippen molar-refractivity contribution in [2.45, 2.75) is 24.5 Å². The number of aryl methyl sites for hydroxylation is 2. The zero-order chi connectivity index (χ0) is 22.7. The molecule has 4 nitrogen and oxygen atoms in total. The first-order chi connectivity index (χ1) is 15.4. The monoisotopic (exact) mass is 450 g/mol. The smallest absolute Gasteiger partial charge is 0.255 e. The Hall–Kier alpha value is -3.45. The quantitative estimate of drug-likeness (QED) is 0.329. The van der Waals surface area contributed by atoms with E-state index in [4.69, 9.17) is 4.42 Å². The number of hydrogen-bond donors (Lipinski definition) is 1. The minimum Gasteiger partial charge on any atom is -0.441 e. The molecule has 0 aliphatic carbocycles. The molecule has 0 atom stereocenters. The van der Waals surface area contributed by atoms with Crippen LogP contribution in [0.2, 0.25) is 0 Å². The molecule has 1 aromatic heterocycles. The Morgan fingerprint density at radius 2 is 1.72 bits per heavy atom. The highest BCUT2D eigenvalue weighted by Gasteiger charge is 2.14. The third-order valence-electron chi connectivity index (χ3n) is 4.86. The van der Waals surface area contributed by atoms with Gasteiger partial charge in [-0.3, -0.25) is 4.79 Å². The predicted octanol–water partition coefficient (Wildman–Crippen LogP) is 6.78. The second kappa shape index (κ2) is 9.36. The van der Waals surface area contributed by atoms with Gasteiger partial charge in [0.05, 0.1) is 11.4 Å². The number of amides is 1. The first-order valence-corrected chi connectivity index (χ1v) is 10.9. The van der Waals surface area contributed by atoms with Gasteiger partial charge >= 0.3 is 0 Å². The van der Waals surface area contributed by atoms with Crippen LogP contribution in [0.25, 0.3) is 11.5 Å². The molecule has 0 saturated heterocycles. The van der Waals surface area contributed by atoms with E-state index in [0.717, 1.165) is 34.5 Å². The Morgan fingerprint density at radius 1 is 1.00 bits per heavy atom. The molecule has 1 amide bonds. The first-order valence-electron chi connectivity index (χ1n) is 9.91. The van der Waals surface area contributed by atoms with Crippen molar-refractivity contribution in [1.29, 1.82) is 0 Å². The molecule has 0 radical (unpaired) electrons. The van der Waals surface area contributed by atoms with Gasteiger partial charge in [-0.2, -0.15) is 0 Å². The summed E-state index contributed by atoms with van der Waals surface area (Å²) in [6.45, 7) is 3.92. The molecule has 3 aromatic carbocycles. The van der Waals surface area contributed by atoms with Crippen LogP contribution in [0.5, 0.6) is 0 Å². The largest absolute Gasteiger partial charge is 0.441 e. The van der Waals surface area contributed by atoms with E-state index >= 15 is 0 Å². The molecular formula is C25H20F2N2O2S. The maximum absolute atomic E-state index is 13.8. The molecule has 4 aromatic rings. The highest BCUT2D eigenvalue weighted by Crippen LogP contribution is 2.28. The minimum atomic E-state index is -0.706. The summed E-state index contributed by atoms with van der Waals surface area (Å²) in [4.78, 5) is 18.1. The van der Waals surface area contributed by atoms with Crippen LogP contribution in [0.15, 0.2) is 76.0 Å². The average Bonchev–Trinajstić information content (AvgIpc) is 3.16. The summed E-state index contributed by atoms with van der Waals surface area (Å²) in [6, 6.07) is 17.8. The number of nitrogens with one attached hydrogen (secondary N) is 1. The van der Waals surface area contributed by atoms with Gasteiger partial charge in [0.25, 0.3) is 5.91 Å². The topological polar surface area (TPSA) is 55.1 Å². The molecule has 4 rings (SSSR count). The van der Waals surface area contributed by atoms with E-state index in [9.17, 15) is 13.6 Å². The van der Waals surface area contributed by atoms with Crippen LogP contribution in [-0.4, -0.2) is 10.9 Å². The zero-order valence-corrected chi connectivity index (χ0v) is 18.3. The number of oxazole rings is 1. The van der Waals surface area contributed by atoms with Gasteiger partial charge in [0.1, 0.15) is 17.4 Å². The predicted molar refractivity (Wildman–Crippen MR) is 122 cm³/mol. The highest BCUT2D eigenvalue weighted by molar-refractivity contribution is 7.98. The van der Waals surface area contributed by atoms with E-state index in [2.05, 4.69) is 41.5 Å². The molecule has 0 unspecified atom stereocenters. The summed E-state index contributed by atoms with van der Waals surface area (Å²) in [6.07, 6.45) is 0. The Morgan fingerprint density at radius 3 is 2.44 bits per heavy atom. The lowest BCUT2D eigenvalue weighted by Crippen LogP contribution is -2.13. The number of rotatable bonds is 6. The lowest BCUT2D eigenvalue weighted by molar-refractivity contribution is 0.102. The molecule has 0 saturated carbocycles. The molecule has 162 valence electrons. The van der Waals surface area contributed by atoms with Crippen LogP contribution < -0.4 is 5.32 Å². The molecule has 0 fully saturated rings. The van der Waals surface area contributed by atoms with Crippen molar-refractivity contribution < 1.29 is 18.0 Å². The summed E-state index contributed by atoms with van der Waals surface area (Å²) in [5, 5.41) is 2.38. The Labute approximate surface area is 188 Å². The second-order valence-corrected chi connectivity index (χ2v) is 8.33. The van der Waals surface area contributed by atoms with Crippen LogP contribution in [0.1, 0.15) is 27.4 Å². The average molecular weight is 451 g/mol. The van der Waals surface area contributed by atoms with Gasteiger partial charge in [0, 0.05) is 27.8 Å². The SMILES string of the molecule is Cc1ccc(SCc2nc(-c3ccc(C(=O)Nc4cc(F)ccc4F)cc3)oc2C)cc1. The first kappa shape index (κ1) is 21.8. The van der Waals surface area contributed by atoms with Crippen LogP contribution in [-0.2, 0) is 5.75 Å². The number of halogens is 2. The summed E-state index contributed by atoms with van der Waals surface area (Å²) >= 11 is 1.68. The van der Waals surface area contributed by atoms with Gasteiger partial charge in [0.15, 0.2) is 0 Å². The maximum atomic E-state index is 13.8. The van der Waals surface area contributed by atoms with Gasteiger partial charge in [-0.05, 0) is 62.4 Å². The summed E-state index contributed by atoms with van der Waals surface area (Å²) < 4.78 is 32.9. The van der Waals surface area contributed by atoms with Gasteiger partial charge in [-0.15, -0.1) is 11.8 Å². The molecule has 0 spiro atoms. The van der Waals surface area contributed by atoms with Gasteiger partial charge in [-0.1, -0.05) is 17.7 Å². The Bertz CT molecular complexity index is 1250. The Kier molecular flexibility index (Phi) is 6.37. The van der Waals surface area contributed by atoms with Crippen molar-refractivity contribution in [3.63, 3.8) is 0 Å². The number of hydrogen-bond acceptors (Lipinski definition) is 4. The zero-order valence-electron chi connectivity index (χ0n) is 17.5. The van der Waals surface area contributed by atoms with Crippen molar-refractivity contribution in [2.75, 3.05) is 5.32 Å². The molecule has 1 N–H and O–H groups in total. The van der Waals surface area contributed by atoms with E-state index in [1.165, 1.54) is 5.56 Å². The van der Waals surface area contributed by atoms with Crippen molar-refractivity contribution >= 4 is 23.4 Å². The van der Waals surface area contributed by atoms with Gasteiger partial charge in [0.2, 0.25) is 5.89 Å². The molecule has 0 aliphatic heterocycles. The van der Waals surface area contributed by atoms with Crippen LogP contribution >= 0.6 is 11.8 Å². The second-order valence-electron chi connectivity index (χ2n) is 7.28. The maximum Gasteiger partial charge on any atom is 0.255 e. The van der Waals surface area contributed by atoms with E-state index in [1.54, 1.807) is 36.0 Å². The van der Waals surface area contributed by atoms with Crippen molar-refractivity contribution in [2.24, 2.45) is 0 Å². The molecule has 0 bridgehead atoms. The van der Waals surface area contributed by atoms with E-state index in [1.807, 2.05) is 6.92 Å². The minimum absolute atomic E-state index is 0.210. The molecule has 7 heteroatoms. The van der Waals surface area contributed by atoms with E-state index in [-0.39, 0.29) is 5.69 Å². The fourth-order valence-electron chi connectivity index (χ4n) is 3.02. The molecule has 0 aliphatic rings. The van der Waals surface area contributed by atoms with Gasteiger partial charge in [-0.25, -0.2) is 13.8 Å². The summed E-state index contributed by atoms with van der Waals surface area (Å²) in [5.41, 5.74) is 2.88. The highest BCUT2D eigenvalue weighted by atomic mass is 32.2. The Balaban J connectivity index is 1.44. The standard InChI is InChI=1S/C25H20F2N2O2S/c1-15-3-10-20(11-4-15)32-14-23-16(2)31-25(29-23)18-7-5-17(6-8-18)24(30)28-22-13-19(26)9-12-21(22)27/h3-13H,14H2,1-2H3,(H,28,30). The number of benzene rings is 3. The van der Waals surface area contributed by atoms with Crippen molar-refractivity contribution in [3.8, 4) is 11.5 Å². The fourth-order valence-corrected chi connectivity index (χ4v) is 3.92. The van der Waals surface area contributed by atoms with Gasteiger partial charge < -0.3 is 9.73 Å². The molecular weight excluding hydrogens is 430 g/mol. The number of thioether (sulfide) groups is 1. The third-order valence-corrected chi connectivity index (χ3v) is 5.88. The number of carbonyl (C=O) groups is 1. The number of aromatic nitrogens is 1. The summed E-state index contributed by atoms with van der Waals surface area (Å²) in [5.74, 6) is 0.00115.